The largest absolute Gasteiger partial charge is 0.390 e. The van der Waals surface area contributed by atoms with Gasteiger partial charge in [0, 0.05) is 0 Å². The summed E-state index contributed by atoms with van der Waals surface area (Å²) in [5.74, 6) is 0.852. The summed E-state index contributed by atoms with van der Waals surface area (Å²) in [5.41, 5.74) is -0.0463. The quantitative estimate of drug-likeness (QED) is 0.522. The lowest BCUT2D eigenvalue weighted by molar-refractivity contribution is -0.0396. The second-order valence-corrected chi connectivity index (χ2v) is 4.31. The summed E-state index contributed by atoms with van der Waals surface area (Å²) in [6.45, 7) is 4.19. The molecule has 0 aromatic carbocycles. The summed E-state index contributed by atoms with van der Waals surface area (Å²) in [6, 6.07) is 0. The Morgan fingerprint density at radius 2 is 1.78 bits per heavy atom. The molecule has 3 aliphatic rings. The lowest BCUT2D eigenvalue weighted by atomic mass is 9.67. The molecular formula is C8H14O. The Kier molecular flexibility index (Phi) is 0.760. The molecule has 0 aromatic rings. The van der Waals surface area contributed by atoms with E-state index in [9.17, 15) is 5.11 Å². The van der Waals surface area contributed by atoms with E-state index in [1.54, 1.807) is 0 Å². The molecule has 1 nitrogen and oxygen atoms in total. The Morgan fingerprint density at radius 1 is 1.22 bits per heavy atom. The first-order valence-electron chi connectivity index (χ1n) is 3.76. The second kappa shape index (κ2) is 1.20. The van der Waals surface area contributed by atoms with Crippen LogP contribution < -0.4 is 0 Å². The lowest BCUT2D eigenvalue weighted by Gasteiger charge is -2.40. The molecule has 2 bridgehead atoms. The van der Waals surface area contributed by atoms with Gasteiger partial charge in [-0.15, -0.1) is 0 Å². The fourth-order valence-corrected chi connectivity index (χ4v) is 2.61. The molecular weight excluding hydrogens is 112 g/mol. The van der Waals surface area contributed by atoms with Crippen molar-refractivity contribution < 1.29 is 5.11 Å². The lowest BCUT2D eigenvalue weighted by Crippen LogP contribution is -2.39. The summed E-state index contributed by atoms with van der Waals surface area (Å²) in [7, 11) is 0. The van der Waals surface area contributed by atoms with E-state index < -0.39 is 0 Å². The molecule has 52 valence electrons. The summed E-state index contributed by atoms with van der Waals surface area (Å²) >= 11 is 0. The highest BCUT2D eigenvalue weighted by Crippen LogP contribution is 2.63. The molecule has 0 spiro atoms. The third-order valence-electron chi connectivity index (χ3n) is 3.46. The first kappa shape index (κ1) is 5.72. The Labute approximate surface area is 56.1 Å². The second-order valence-electron chi connectivity index (χ2n) is 4.31. The minimum Gasteiger partial charge on any atom is -0.390 e. The van der Waals surface area contributed by atoms with E-state index in [-0.39, 0.29) is 11.0 Å². The highest BCUT2D eigenvalue weighted by atomic mass is 16.3. The number of hydrogen-bond acceptors (Lipinski definition) is 1. The van der Waals surface area contributed by atoms with Crippen LogP contribution in [0, 0.1) is 11.3 Å². The molecule has 0 amide bonds. The number of fused-ring (bicyclic) bond motifs is 1. The van der Waals surface area contributed by atoms with Gasteiger partial charge in [0.1, 0.15) is 0 Å². The zero-order valence-electron chi connectivity index (χ0n) is 6.15. The third kappa shape index (κ3) is 0.493. The molecule has 3 saturated carbocycles. The molecule has 9 heavy (non-hydrogen) atoms. The standard InChI is InChI=1S/C8H14O/c1-7-3-6(4-7)5-8(7,2)9/h6,9H,3-5H2,1-2H3/t6?,7?,8-/m0/s1. The SMILES string of the molecule is CC12CC(C1)C[C@]2(C)O. The number of hydrogen-bond donors (Lipinski definition) is 1. The molecule has 0 heterocycles. The van der Waals surface area contributed by atoms with Crippen molar-refractivity contribution >= 4 is 0 Å². The van der Waals surface area contributed by atoms with Crippen LogP contribution in [0.15, 0.2) is 0 Å². The van der Waals surface area contributed by atoms with Gasteiger partial charge in [-0.25, -0.2) is 0 Å². The predicted octanol–water partition coefficient (Wildman–Crippen LogP) is 1.56. The molecule has 0 saturated heterocycles. The van der Waals surface area contributed by atoms with Gasteiger partial charge < -0.3 is 5.11 Å². The summed E-state index contributed by atoms with van der Waals surface area (Å²) < 4.78 is 0. The fraction of sp³-hybridized carbons (Fsp3) is 1.00. The van der Waals surface area contributed by atoms with Gasteiger partial charge in [-0.3, -0.25) is 0 Å². The van der Waals surface area contributed by atoms with Gasteiger partial charge in [-0.2, -0.15) is 0 Å². The van der Waals surface area contributed by atoms with E-state index in [2.05, 4.69) is 6.92 Å². The number of aliphatic hydroxyl groups is 1. The van der Waals surface area contributed by atoms with Gasteiger partial charge in [0.05, 0.1) is 5.60 Å². The van der Waals surface area contributed by atoms with Gasteiger partial charge in [0.15, 0.2) is 0 Å². The molecule has 0 aromatic heterocycles. The van der Waals surface area contributed by atoms with Gasteiger partial charge in [-0.1, -0.05) is 6.92 Å². The van der Waals surface area contributed by atoms with Crippen LogP contribution in [-0.4, -0.2) is 10.7 Å². The van der Waals surface area contributed by atoms with Crippen molar-refractivity contribution in [1.82, 2.24) is 0 Å². The average molecular weight is 126 g/mol. The highest BCUT2D eigenvalue weighted by molar-refractivity contribution is 5.11. The van der Waals surface area contributed by atoms with E-state index in [1.807, 2.05) is 6.92 Å². The summed E-state index contributed by atoms with van der Waals surface area (Å²) in [4.78, 5) is 0. The van der Waals surface area contributed by atoms with Crippen molar-refractivity contribution in [1.29, 1.82) is 0 Å². The predicted molar refractivity (Wildman–Crippen MR) is 36.1 cm³/mol. The fourth-order valence-electron chi connectivity index (χ4n) is 2.61. The van der Waals surface area contributed by atoms with Crippen LogP contribution in [0.1, 0.15) is 33.1 Å². The van der Waals surface area contributed by atoms with E-state index in [0.29, 0.717) is 0 Å². The zero-order valence-corrected chi connectivity index (χ0v) is 6.15. The van der Waals surface area contributed by atoms with Crippen LogP contribution in [0.5, 0.6) is 0 Å². The summed E-state index contributed by atoms with van der Waals surface area (Å²) in [6.07, 6.45) is 3.57. The van der Waals surface area contributed by atoms with Crippen LogP contribution >= 0.6 is 0 Å². The maximum Gasteiger partial charge on any atom is 0.0675 e. The Bertz CT molecular complexity index is 140. The minimum atomic E-state index is -0.336. The van der Waals surface area contributed by atoms with Crippen LogP contribution in [0.3, 0.4) is 0 Å². The average Bonchev–Trinajstić information content (AvgIpc) is 1.85. The van der Waals surface area contributed by atoms with E-state index >= 15 is 0 Å². The molecule has 1 heteroatoms. The first-order chi connectivity index (χ1) is 4.04. The molecule has 0 aliphatic heterocycles. The first-order valence-corrected chi connectivity index (χ1v) is 3.76. The van der Waals surface area contributed by atoms with Crippen LogP contribution in [-0.2, 0) is 0 Å². The van der Waals surface area contributed by atoms with Crippen molar-refractivity contribution in [3.63, 3.8) is 0 Å². The topological polar surface area (TPSA) is 20.2 Å². The maximum atomic E-state index is 9.76. The highest BCUT2D eigenvalue weighted by Gasteiger charge is 2.60. The van der Waals surface area contributed by atoms with E-state index in [1.165, 1.54) is 12.8 Å². The Morgan fingerprint density at radius 3 is 1.89 bits per heavy atom. The van der Waals surface area contributed by atoms with Gasteiger partial charge in [-0.05, 0) is 37.5 Å². The third-order valence-corrected chi connectivity index (χ3v) is 3.46. The molecule has 1 N–H and O–H groups in total. The molecule has 3 aliphatic carbocycles. The minimum absolute atomic E-state index is 0.289. The van der Waals surface area contributed by atoms with Crippen LogP contribution in [0.25, 0.3) is 0 Å². The molecule has 0 radical (unpaired) electrons. The number of rotatable bonds is 0. The van der Waals surface area contributed by atoms with Crippen LogP contribution in [0.2, 0.25) is 0 Å². The van der Waals surface area contributed by atoms with Gasteiger partial charge in [0.2, 0.25) is 0 Å². The monoisotopic (exact) mass is 126 g/mol. The normalized spacial score (nSPS) is 63.7. The van der Waals surface area contributed by atoms with Crippen molar-refractivity contribution in [2.75, 3.05) is 0 Å². The molecule has 1 atom stereocenters. The van der Waals surface area contributed by atoms with Crippen molar-refractivity contribution in [3.05, 3.63) is 0 Å². The zero-order chi connectivity index (χ0) is 6.70. The Balaban J connectivity index is 2.30. The molecule has 0 unspecified atom stereocenters. The smallest absolute Gasteiger partial charge is 0.0675 e. The molecule has 3 fully saturated rings. The van der Waals surface area contributed by atoms with Gasteiger partial charge >= 0.3 is 0 Å². The van der Waals surface area contributed by atoms with Crippen molar-refractivity contribution in [3.8, 4) is 0 Å². The van der Waals surface area contributed by atoms with Crippen molar-refractivity contribution in [2.45, 2.75) is 38.7 Å². The summed E-state index contributed by atoms with van der Waals surface area (Å²) in [5, 5.41) is 9.76. The van der Waals surface area contributed by atoms with E-state index in [0.717, 1.165) is 12.3 Å². The molecule has 3 rings (SSSR count). The maximum absolute atomic E-state index is 9.76. The Hall–Kier alpha value is -0.0400. The van der Waals surface area contributed by atoms with Crippen molar-refractivity contribution in [2.24, 2.45) is 11.3 Å². The van der Waals surface area contributed by atoms with Crippen LogP contribution in [0.4, 0.5) is 0 Å². The van der Waals surface area contributed by atoms with E-state index in [4.69, 9.17) is 0 Å². The van der Waals surface area contributed by atoms with Gasteiger partial charge in [0.25, 0.3) is 0 Å².